The van der Waals surface area contributed by atoms with E-state index in [1.54, 1.807) is 12.1 Å². The Morgan fingerprint density at radius 1 is 1.38 bits per heavy atom. The molecular weight excluding hydrogens is 219 g/mol. The van der Waals surface area contributed by atoms with Gasteiger partial charge in [0, 0.05) is 6.04 Å². The van der Waals surface area contributed by atoms with E-state index in [0.29, 0.717) is 0 Å². The summed E-state index contributed by atoms with van der Waals surface area (Å²) >= 11 is 0. The molecular formula is C11H14F3NO. The van der Waals surface area contributed by atoms with Crippen LogP contribution in [-0.4, -0.2) is 12.9 Å². The molecule has 0 aliphatic carbocycles. The van der Waals surface area contributed by atoms with Crippen molar-refractivity contribution in [3.63, 3.8) is 0 Å². The predicted octanol–water partition coefficient (Wildman–Crippen LogP) is 3.26. The van der Waals surface area contributed by atoms with Gasteiger partial charge in [-0.2, -0.15) is 0 Å². The number of hydrogen-bond donors (Lipinski definition) is 1. The molecule has 1 N–H and O–H groups in total. The number of hydrogen-bond acceptors (Lipinski definition) is 2. The van der Waals surface area contributed by atoms with Crippen LogP contribution in [0.2, 0.25) is 0 Å². The highest BCUT2D eigenvalue weighted by Gasteiger charge is 2.31. The number of nitrogens with one attached hydrogen (secondary N) is 1. The number of ether oxygens (including phenoxy) is 1. The van der Waals surface area contributed by atoms with Crippen LogP contribution in [0.15, 0.2) is 24.3 Å². The van der Waals surface area contributed by atoms with Gasteiger partial charge in [0.15, 0.2) is 0 Å². The predicted molar refractivity (Wildman–Crippen MR) is 55.2 cm³/mol. The molecule has 0 unspecified atom stereocenters. The van der Waals surface area contributed by atoms with Crippen molar-refractivity contribution in [2.45, 2.75) is 26.3 Å². The Balaban J connectivity index is 2.78. The first-order valence-electron chi connectivity index (χ1n) is 5.01. The van der Waals surface area contributed by atoms with Gasteiger partial charge in [-0.1, -0.05) is 19.1 Å². The Bertz CT molecular complexity index is 338. The third-order valence-corrected chi connectivity index (χ3v) is 2.10. The second-order valence-corrected chi connectivity index (χ2v) is 3.40. The van der Waals surface area contributed by atoms with Crippen molar-refractivity contribution in [1.29, 1.82) is 0 Å². The summed E-state index contributed by atoms with van der Waals surface area (Å²) in [4.78, 5) is 0. The Morgan fingerprint density at radius 2 is 2.06 bits per heavy atom. The molecule has 0 aliphatic heterocycles. The molecule has 1 aromatic rings. The molecule has 0 amide bonds. The Labute approximate surface area is 92.4 Å². The third-order valence-electron chi connectivity index (χ3n) is 2.10. The summed E-state index contributed by atoms with van der Waals surface area (Å²) < 4.78 is 39.8. The van der Waals surface area contributed by atoms with Crippen LogP contribution in [0.5, 0.6) is 5.75 Å². The maximum Gasteiger partial charge on any atom is 0.573 e. The minimum atomic E-state index is -4.64. The molecule has 0 radical (unpaired) electrons. The molecule has 0 aliphatic rings. The summed E-state index contributed by atoms with van der Waals surface area (Å²) in [7, 11) is 0. The monoisotopic (exact) mass is 233 g/mol. The normalized spacial score (nSPS) is 13.6. The first-order valence-corrected chi connectivity index (χ1v) is 5.01. The van der Waals surface area contributed by atoms with Crippen molar-refractivity contribution in [3.8, 4) is 5.75 Å². The SMILES string of the molecule is CCN[C@H](C)c1cccc(OC(F)(F)F)c1. The molecule has 2 nitrogen and oxygen atoms in total. The molecule has 0 saturated carbocycles. The van der Waals surface area contributed by atoms with E-state index in [0.717, 1.165) is 12.1 Å². The first kappa shape index (κ1) is 12.8. The highest BCUT2D eigenvalue weighted by atomic mass is 19.4. The van der Waals surface area contributed by atoms with Crippen LogP contribution < -0.4 is 10.1 Å². The van der Waals surface area contributed by atoms with Crippen molar-refractivity contribution in [3.05, 3.63) is 29.8 Å². The minimum Gasteiger partial charge on any atom is -0.406 e. The fraction of sp³-hybridized carbons (Fsp3) is 0.455. The zero-order valence-corrected chi connectivity index (χ0v) is 9.14. The van der Waals surface area contributed by atoms with Gasteiger partial charge in [-0.3, -0.25) is 0 Å². The Hall–Kier alpha value is -1.23. The van der Waals surface area contributed by atoms with Crippen LogP contribution in [-0.2, 0) is 0 Å². The fourth-order valence-corrected chi connectivity index (χ4v) is 1.41. The second-order valence-electron chi connectivity index (χ2n) is 3.40. The van der Waals surface area contributed by atoms with Crippen molar-refractivity contribution in [2.75, 3.05) is 6.54 Å². The molecule has 0 aromatic heterocycles. The largest absolute Gasteiger partial charge is 0.573 e. The molecule has 0 spiro atoms. The van der Waals surface area contributed by atoms with Crippen LogP contribution in [0.25, 0.3) is 0 Å². The maximum atomic E-state index is 12.0. The lowest BCUT2D eigenvalue weighted by atomic mass is 10.1. The number of alkyl halides is 3. The lowest BCUT2D eigenvalue weighted by Gasteiger charge is -2.14. The molecule has 0 fully saturated rings. The summed E-state index contributed by atoms with van der Waals surface area (Å²) in [6, 6.07) is 5.99. The van der Waals surface area contributed by atoms with Crippen LogP contribution >= 0.6 is 0 Å². The van der Waals surface area contributed by atoms with Gasteiger partial charge in [0.2, 0.25) is 0 Å². The van der Waals surface area contributed by atoms with E-state index in [4.69, 9.17) is 0 Å². The van der Waals surface area contributed by atoms with Gasteiger partial charge in [-0.05, 0) is 31.2 Å². The van der Waals surface area contributed by atoms with Crippen LogP contribution in [0.1, 0.15) is 25.5 Å². The van der Waals surface area contributed by atoms with Gasteiger partial charge in [0.1, 0.15) is 5.75 Å². The Kier molecular flexibility index (Phi) is 4.18. The highest BCUT2D eigenvalue weighted by Crippen LogP contribution is 2.25. The van der Waals surface area contributed by atoms with Crippen LogP contribution in [0.4, 0.5) is 13.2 Å². The third kappa shape index (κ3) is 4.10. The maximum absolute atomic E-state index is 12.0. The van der Waals surface area contributed by atoms with E-state index >= 15 is 0 Å². The molecule has 1 aromatic carbocycles. The summed E-state index contributed by atoms with van der Waals surface area (Å²) in [5.74, 6) is -0.185. The van der Waals surface area contributed by atoms with E-state index < -0.39 is 6.36 Å². The molecule has 0 saturated heterocycles. The number of benzene rings is 1. The standard InChI is InChI=1S/C11H14F3NO/c1-3-15-8(2)9-5-4-6-10(7-9)16-11(12,13)14/h4-8,15H,3H2,1-2H3/t8-/m1/s1. The van der Waals surface area contributed by atoms with E-state index in [1.165, 1.54) is 12.1 Å². The van der Waals surface area contributed by atoms with E-state index in [9.17, 15) is 13.2 Å². The molecule has 0 heterocycles. The topological polar surface area (TPSA) is 21.3 Å². The van der Waals surface area contributed by atoms with Gasteiger partial charge in [-0.25, -0.2) is 0 Å². The van der Waals surface area contributed by atoms with Gasteiger partial charge in [0.25, 0.3) is 0 Å². The van der Waals surface area contributed by atoms with Crippen LogP contribution in [0.3, 0.4) is 0 Å². The summed E-state index contributed by atoms with van der Waals surface area (Å²) in [5, 5.41) is 3.12. The average molecular weight is 233 g/mol. The lowest BCUT2D eigenvalue weighted by Crippen LogP contribution is -2.19. The van der Waals surface area contributed by atoms with Gasteiger partial charge < -0.3 is 10.1 Å². The van der Waals surface area contributed by atoms with E-state index in [2.05, 4.69) is 10.1 Å². The van der Waals surface area contributed by atoms with Gasteiger partial charge in [-0.15, -0.1) is 13.2 Å². The molecule has 5 heteroatoms. The number of rotatable bonds is 4. The molecule has 1 atom stereocenters. The van der Waals surface area contributed by atoms with Gasteiger partial charge in [0.05, 0.1) is 0 Å². The zero-order chi connectivity index (χ0) is 12.2. The average Bonchev–Trinajstić information content (AvgIpc) is 2.16. The van der Waals surface area contributed by atoms with Crippen molar-refractivity contribution in [1.82, 2.24) is 5.32 Å². The molecule has 90 valence electrons. The van der Waals surface area contributed by atoms with Crippen molar-refractivity contribution < 1.29 is 17.9 Å². The quantitative estimate of drug-likeness (QED) is 0.861. The molecule has 1 rings (SSSR count). The minimum absolute atomic E-state index is 0.00165. The Morgan fingerprint density at radius 3 is 2.62 bits per heavy atom. The first-order chi connectivity index (χ1) is 7.42. The summed E-state index contributed by atoms with van der Waals surface area (Å²) in [5.41, 5.74) is 0.767. The number of halogens is 3. The zero-order valence-electron chi connectivity index (χ0n) is 9.14. The lowest BCUT2D eigenvalue weighted by molar-refractivity contribution is -0.274. The summed E-state index contributed by atoms with van der Waals surface area (Å²) in [6.07, 6.45) is -4.64. The second kappa shape index (κ2) is 5.21. The molecule has 16 heavy (non-hydrogen) atoms. The van der Waals surface area contributed by atoms with Crippen molar-refractivity contribution >= 4 is 0 Å². The fourth-order valence-electron chi connectivity index (χ4n) is 1.41. The van der Waals surface area contributed by atoms with E-state index in [-0.39, 0.29) is 11.8 Å². The van der Waals surface area contributed by atoms with Crippen molar-refractivity contribution in [2.24, 2.45) is 0 Å². The smallest absolute Gasteiger partial charge is 0.406 e. The molecule has 0 bridgehead atoms. The van der Waals surface area contributed by atoms with E-state index in [1.807, 2.05) is 13.8 Å². The van der Waals surface area contributed by atoms with Crippen LogP contribution in [0, 0.1) is 0 Å². The highest BCUT2D eigenvalue weighted by molar-refractivity contribution is 5.30. The van der Waals surface area contributed by atoms with Gasteiger partial charge >= 0.3 is 6.36 Å². The summed E-state index contributed by atoms with van der Waals surface area (Å²) in [6.45, 7) is 4.58.